The second kappa shape index (κ2) is 7.17. The summed E-state index contributed by atoms with van der Waals surface area (Å²) in [6.07, 6.45) is 3.21. The van der Waals surface area contributed by atoms with Crippen LogP contribution in [-0.2, 0) is 11.2 Å². The lowest BCUT2D eigenvalue weighted by atomic mass is 9.89. The topological polar surface area (TPSA) is 35.5 Å². The van der Waals surface area contributed by atoms with Crippen molar-refractivity contribution in [3.63, 3.8) is 0 Å². The van der Waals surface area contributed by atoms with Crippen LogP contribution in [0.15, 0.2) is 18.2 Å². The highest BCUT2D eigenvalue weighted by atomic mass is 16.6. The highest BCUT2D eigenvalue weighted by molar-refractivity contribution is 5.93. The molecule has 1 aromatic carbocycles. The molecule has 0 N–H and O–H groups in total. The molecule has 1 rings (SSSR count). The van der Waals surface area contributed by atoms with Gasteiger partial charge in [0, 0.05) is 0 Å². The van der Waals surface area contributed by atoms with Gasteiger partial charge in [0.2, 0.25) is 0 Å². The summed E-state index contributed by atoms with van der Waals surface area (Å²) in [6, 6.07) is 5.77. The number of rotatable bonds is 5. The number of hydrogen-bond donors (Lipinski definition) is 0. The van der Waals surface area contributed by atoms with E-state index in [0.29, 0.717) is 16.7 Å². The van der Waals surface area contributed by atoms with Crippen molar-refractivity contribution in [3.8, 4) is 5.75 Å². The molecule has 124 valence electrons. The monoisotopic (exact) mass is 306 g/mol. The lowest BCUT2D eigenvalue weighted by molar-refractivity contribution is 0.00664. The van der Waals surface area contributed by atoms with Crippen molar-refractivity contribution in [2.24, 2.45) is 5.41 Å². The minimum atomic E-state index is -0.510. The van der Waals surface area contributed by atoms with Gasteiger partial charge in [0.25, 0.3) is 0 Å². The molecule has 3 nitrogen and oxygen atoms in total. The average Bonchev–Trinajstić information content (AvgIpc) is 2.35. The largest absolute Gasteiger partial charge is 0.496 e. The molecule has 0 heterocycles. The maximum atomic E-state index is 12.3. The van der Waals surface area contributed by atoms with Gasteiger partial charge in [-0.3, -0.25) is 0 Å². The Labute approximate surface area is 135 Å². The first-order chi connectivity index (χ1) is 10.0. The van der Waals surface area contributed by atoms with Gasteiger partial charge in [-0.15, -0.1) is 0 Å². The van der Waals surface area contributed by atoms with Crippen molar-refractivity contribution in [3.05, 3.63) is 29.3 Å². The van der Waals surface area contributed by atoms with Crippen LogP contribution in [0.1, 0.15) is 70.3 Å². The van der Waals surface area contributed by atoms with Crippen LogP contribution >= 0.6 is 0 Å². The molecule has 0 aliphatic rings. The Morgan fingerprint density at radius 2 is 1.73 bits per heavy atom. The summed E-state index contributed by atoms with van der Waals surface area (Å²) in [6.45, 7) is 12.3. The maximum Gasteiger partial charge on any atom is 0.342 e. The third-order valence-corrected chi connectivity index (χ3v) is 3.27. The van der Waals surface area contributed by atoms with Crippen molar-refractivity contribution in [1.29, 1.82) is 0 Å². The quantitative estimate of drug-likeness (QED) is 0.717. The summed E-state index contributed by atoms with van der Waals surface area (Å²) >= 11 is 0. The Hall–Kier alpha value is -1.51. The van der Waals surface area contributed by atoms with Crippen molar-refractivity contribution in [1.82, 2.24) is 0 Å². The van der Waals surface area contributed by atoms with Crippen LogP contribution in [0.4, 0.5) is 0 Å². The van der Waals surface area contributed by atoms with E-state index in [1.54, 1.807) is 7.11 Å². The molecule has 0 aromatic heterocycles. The van der Waals surface area contributed by atoms with E-state index in [1.807, 2.05) is 39.0 Å². The normalized spacial score (nSPS) is 12.1. The predicted molar refractivity (Wildman–Crippen MR) is 90.6 cm³/mol. The van der Waals surface area contributed by atoms with Crippen molar-refractivity contribution in [2.45, 2.75) is 66.4 Å². The minimum Gasteiger partial charge on any atom is -0.496 e. The molecule has 0 spiro atoms. The van der Waals surface area contributed by atoms with Crippen molar-refractivity contribution in [2.75, 3.05) is 7.11 Å². The van der Waals surface area contributed by atoms with E-state index < -0.39 is 5.60 Å². The number of benzene rings is 1. The number of hydrogen-bond acceptors (Lipinski definition) is 3. The van der Waals surface area contributed by atoms with Crippen LogP contribution in [0.25, 0.3) is 0 Å². The minimum absolute atomic E-state index is 0.331. The van der Waals surface area contributed by atoms with Gasteiger partial charge in [-0.05, 0) is 63.1 Å². The second-order valence-electron chi connectivity index (χ2n) is 7.95. The maximum absolute atomic E-state index is 12.3. The fourth-order valence-electron chi connectivity index (χ4n) is 2.23. The van der Waals surface area contributed by atoms with E-state index in [1.165, 1.54) is 0 Å². The summed E-state index contributed by atoms with van der Waals surface area (Å²) in [5.41, 5.74) is 1.47. The SMILES string of the molecule is COc1ccc(CCCC(C)(C)C)cc1C(=O)OC(C)(C)C. The van der Waals surface area contributed by atoms with Crippen molar-refractivity contribution < 1.29 is 14.3 Å². The average molecular weight is 306 g/mol. The Morgan fingerprint density at radius 3 is 2.23 bits per heavy atom. The van der Waals surface area contributed by atoms with Crippen molar-refractivity contribution >= 4 is 5.97 Å². The van der Waals surface area contributed by atoms with E-state index in [-0.39, 0.29) is 5.97 Å². The van der Waals surface area contributed by atoms with E-state index >= 15 is 0 Å². The number of carbonyl (C=O) groups is 1. The number of esters is 1. The van der Waals surface area contributed by atoms with Gasteiger partial charge >= 0.3 is 5.97 Å². The molecule has 0 unspecified atom stereocenters. The fraction of sp³-hybridized carbons (Fsp3) is 0.632. The highest BCUT2D eigenvalue weighted by Crippen LogP contribution is 2.26. The molecule has 1 aromatic rings. The van der Waals surface area contributed by atoms with Gasteiger partial charge in [-0.25, -0.2) is 4.79 Å². The van der Waals surface area contributed by atoms with Gasteiger partial charge in [0.15, 0.2) is 0 Å². The molecule has 0 saturated heterocycles. The van der Waals surface area contributed by atoms with Gasteiger partial charge in [0.05, 0.1) is 7.11 Å². The summed E-state index contributed by atoms with van der Waals surface area (Å²) in [4.78, 5) is 12.3. The zero-order chi connectivity index (χ0) is 17.0. The van der Waals surface area contributed by atoms with Crippen LogP contribution in [0.3, 0.4) is 0 Å². The van der Waals surface area contributed by atoms with Crippen LogP contribution in [0.2, 0.25) is 0 Å². The van der Waals surface area contributed by atoms with Gasteiger partial charge in [-0.1, -0.05) is 26.8 Å². The summed E-state index contributed by atoms with van der Waals surface area (Å²) < 4.78 is 10.8. The lowest BCUT2D eigenvalue weighted by Gasteiger charge is -2.21. The third kappa shape index (κ3) is 6.50. The van der Waals surface area contributed by atoms with Gasteiger partial charge in [-0.2, -0.15) is 0 Å². The molecule has 0 fully saturated rings. The lowest BCUT2D eigenvalue weighted by Crippen LogP contribution is -2.24. The number of methoxy groups -OCH3 is 1. The number of ether oxygens (including phenoxy) is 2. The smallest absolute Gasteiger partial charge is 0.342 e. The third-order valence-electron chi connectivity index (χ3n) is 3.27. The van der Waals surface area contributed by atoms with Crippen LogP contribution in [0, 0.1) is 5.41 Å². The van der Waals surface area contributed by atoms with E-state index in [0.717, 1.165) is 24.8 Å². The fourth-order valence-corrected chi connectivity index (χ4v) is 2.23. The highest BCUT2D eigenvalue weighted by Gasteiger charge is 2.21. The van der Waals surface area contributed by atoms with Crippen LogP contribution in [-0.4, -0.2) is 18.7 Å². The van der Waals surface area contributed by atoms with Crippen LogP contribution < -0.4 is 4.74 Å². The standard InChI is InChI=1S/C19H30O3/c1-18(2,3)12-8-9-14-10-11-16(21-7)15(13-14)17(20)22-19(4,5)6/h10-11,13H,8-9,12H2,1-7H3. The first kappa shape index (κ1) is 18.5. The Balaban J connectivity index is 2.87. The molecule has 22 heavy (non-hydrogen) atoms. The van der Waals surface area contributed by atoms with E-state index in [9.17, 15) is 4.79 Å². The molecule has 0 aliphatic carbocycles. The second-order valence-corrected chi connectivity index (χ2v) is 7.95. The molecule has 3 heteroatoms. The van der Waals surface area contributed by atoms with Gasteiger partial charge in [0.1, 0.15) is 16.9 Å². The summed E-state index contributed by atoms with van der Waals surface area (Å²) in [7, 11) is 1.57. The Bertz CT molecular complexity index is 504. The molecule has 0 atom stereocenters. The zero-order valence-corrected chi connectivity index (χ0v) is 15.1. The first-order valence-corrected chi connectivity index (χ1v) is 7.92. The molecular formula is C19H30O3. The molecule has 0 bridgehead atoms. The zero-order valence-electron chi connectivity index (χ0n) is 15.1. The molecule has 0 amide bonds. The molecule has 0 radical (unpaired) electrons. The summed E-state index contributed by atoms with van der Waals surface area (Å²) in [5.74, 6) is 0.232. The Morgan fingerprint density at radius 1 is 1.09 bits per heavy atom. The predicted octanol–water partition coefficient (Wildman–Crippen LogP) is 5.02. The van der Waals surface area contributed by atoms with E-state index in [4.69, 9.17) is 9.47 Å². The number of carbonyl (C=O) groups excluding carboxylic acids is 1. The molecule has 0 aliphatic heterocycles. The first-order valence-electron chi connectivity index (χ1n) is 7.92. The van der Waals surface area contributed by atoms with Crippen LogP contribution in [0.5, 0.6) is 5.75 Å². The van der Waals surface area contributed by atoms with Gasteiger partial charge < -0.3 is 9.47 Å². The molecular weight excluding hydrogens is 276 g/mol. The van der Waals surface area contributed by atoms with E-state index in [2.05, 4.69) is 20.8 Å². The number of aryl methyl sites for hydroxylation is 1. The Kier molecular flexibility index (Phi) is 6.04. The molecule has 0 saturated carbocycles. The summed E-state index contributed by atoms with van der Waals surface area (Å²) in [5, 5.41) is 0.